The summed E-state index contributed by atoms with van der Waals surface area (Å²) in [6, 6.07) is 6.69. The molecule has 1 amide bonds. The number of likely N-dealkylation sites (tertiary alicyclic amines) is 1. The van der Waals surface area contributed by atoms with Gasteiger partial charge < -0.3 is 14.5 Å². The van der Waals surface area contributed by atoms with Gasteiger partial charge in [-0.15, -0.1) is 0 Å². The zero-order valence-corrected chi connectivity index (χ0v) is 15.1. The van der Waals surface area contributed by atoms with Gasteiger partial charge in [-0.05, 0) is 51.5 Å². The van der Waals surface area contributed by atoms with Crippen LogP contribution in [0.15, 0.2) is 30.5 Å². The minimum Gasteiger partial charge on any atom is -0.444 e. The SMILES string of the molecule is CN(c1cnc2ccc(F)cc2c1)C1CCN(C(=O)OC(C)(C)C)C1. The summed E-state index contributed by atoms with van der Waals surface area (Å²) in [4.78, 5) is 20.4. The fourth-order valence-corrected chi connectivity index (χ4v) is 3.04. The van der Waals surface area contributed by atoms with Gasteiger partial charge in [0.15, 0.2) is 0 Å². The molecule has 0 saturated carbocycles. The highest BCUT2D eigenvalue weighted by Gasteiger charge is 2.32. The van der Waals surface area contributed by atoms with E-state index in [2.05, 4.69) is 9.88 Å². The van der Waals surface area contributed by atoms with Crippen molar-refractivity contribution in [1.29, 1.82) is 0 Å². The van der Waals surface area contributed by atoms with Crippen molar-refractivity contribution in [2.24, 2.45) is 0 Å². The molecule has 1 atom stereocenters. The van der Waals surface area contributed by atoms with Crippen LogP contribution in [0.3, 0.4) is 0 Å². The molecule has 1 aromatic carbocycles. The molecular formula is C19H24FN3O2. The van der Waals surface area contributed by atoms with E-state index in [0.717, 1.165) is 23.0 Å². The van der Waals surface area contributed by atoms with Crippen molar-refractivity contribution >= 4 is 22.7 Å². The molecule has 5 nitrogen and oxygen atoms in total. The van der Waals surface area contributed by atoms with Crippen molar-refractivity contribution in [1.82, 2.24) is 9.88 Å². The van der Waals surface area contributed by atoms with Crippen LogP contribution >= 0.6 is 0 Å². The lowest BCUT2D eigenvalue weighted by molar-refractivity contribution is 0.0292. The van der Waals surface area contributed by atoms with Crippen LogP contribution in [-0.2, 0) is 4.74 Å². The number of nitrogens with zero attached hydrogens (tertiary/aromatic N) is 3. The molecule has 1 aromatic heterocycles. The maximum Gasteiger partial charge on any atom is 0.410 e. The first-order valence-corrected chi connectivity index (χ1v) is 8.49. The van der Waals surface area contributed by atoms with Gasteiger partial charge >= 0.3 is 6.09 Å². The minimum absolute atomic E-state index is 0.181. The first kappa shape index (κ1) is 17.5. The number of benzene rings is 1. The largest absolute Gasteiger partial charge is 0.444 e. The minimum atomic E-state index is -0.493. The molecule has 0 radical (unpaired) electrons. The van der Waals surface area contributed by atoms with Crippen LogP contribution in [-0.4, -0.2) is 47.8 Å². The number of rotatable bonds is 2. The third-order valence-corrected chi connectivity index (χ3v) is 4.40. The number of carbonyl (C=O) groups excluding carboxylic acids is 1. The van der Waals surface area contributed by atoms with E-state index in [1.54, 1.807) is 17.2 Å². The number of fused-ring (bicyclic) bond motifs is 1. The summed E-state index contributed by atoms with van der Waals surface area (Å²) >= 11 is 0. The highest BCUT2D eigenvalue weighted by Crippen LogP contribution is 2.25. The second kappa shape index (κ2) is 6.50. The van der Waals surface area contributed by atoms with Crippen LogP contribution in [0.25, 0.3) is 10.9 Å². The fraction of sp³-hybridized carbons (Fsp3) is 0.474. The summed E-state index contributed by atoms with van der Waals surface area (Å²) in [7, 11) is 1.98. The van der Waals surface area contributed by atoms with Crippen LogP contribution in [0.1, 0.15) is 27.2 Å². The van der Waals surface area contributed by atoms with Crippen molar-refractivity contribution in [2.45, 2.75) is 38.8 Å². The van der Waals surface area contributed by atoms with Gasteiger partial charge in [-0.2, -0.15) is 0 Å². The third-order valence-electron chi connectivity index (χ3n) is 4.40. The van der Waals surface area contributed by atoms with E-state index in [1.807, 2.05) is 33.9 Å². The monoisotopic (exact) mass is 345 g/mol. The van der Waals surface area contributed by atoms with E-state index in [-0.39, 0.29) is 18.0 Å². The molecule has 134 valence electrons. The van der Waals surface area contributed by atoms with Crippen LogP contribution in [0, 0.1) is 5.82 Å². The van der Waals surface area contributed by atoms with Crippen LogP contribution in [0.2, 0.25) is 0 Å². The van der Waals surface area contributed by atoms with Crippen molar-refractivity contribution < 1.29 is 13.9 Å². The summed E-state index contributed by atoms with van der Waals surface area (Å²) in [5.74, 6) is -0.272. The highest BCUT2D eigenvalue weighted by molar-refractivity contribution is 5.81. The Bertz CT molecular complexity index is 788. The molecule has 1 aliphatic rings. The molecule has 0 bridgehead atoms. The number of amides is 1. The molecule has 1 saturated heterocycles. The van der Waals surface area contributed by atoms with Crippen molar-refractivity contribution in [3.8, 4) is 0 Å². The molecule has 1 aliphatic heterocycles. The van der Waals surface area contributed by atoms with Gasteiger partial charge in [-0.25, -0.2) is 9.18 Å². The van der Waals surface area contributed by atoms with Gasteiger partial charge in [0.2, 0.25) is 0 Å². The van der Waals surface area contributed by atoms with E-state index in [1.165, 1.54) is 12.1 Å². The molecule has 25 heavy (non-hydrogen) atoms. The van der Waals surface area contributed by atoms with E-state index >= 15 is 0 Å². The molecule has 0 aliphatic carbocycles. The Balaban J connectivity index is 1.71. The summed E-state index contributed by atoms with van der Waals surface area (Å²) in [6.07, 6.45) is 2.37. The number of aromatic nitrogens is 1. The Morgan fingerprint density at radius 3 is 2.84 bits per heavy atom. The lowest BCUT2D eigenvalue weighted by Gasteiger charge is -2.28. The Morgan fingerprint density at radius 1 is 1.36 bits per heavy atom. The van der Waals surface area contributed by atoms with Gasteiger partial charge in [0.05, 0.1) is 17.4 Å². The standard InChI is InChI=1S/C19H24FN3O2/c1-19(2,3)25-18(24)23-8-7-15(12-23)22(4)16-10-13-9-14(20)5-6-17(13)21-11-16/h5-6,9-11,15H,7-8,12H2,1-4H3. The predicted molar refractivity (Wildman–Crippen MR) is 96.3 cm³/mol. The average Bonchev–Trinajstić information content (AvgIpc) is 3.02. The first-order valence-electron chi connectivity index (χ1n) is 8.49. The summed E-state index contributed by atoms with van der Waals surface area (Å²) < 4.78 is 18.9. The summed E-state index contributed by atoms with van der Waals surface area (Å²) in [5, 5.41) is 0.770. The maximum atomic E-state index is 13.4. The van der Waals surface area contributed by atoms with Crippen LogP contribution < -0.4 is 4.90 Å². The van der Waals surface area contributed by atoms with E-state index in [9.17, 15) is 9.18 Å². The molecule has 1 unspecified atom stereocenters. The van der Waals surface area contributed by atoms with Gasteiger partial charge in [-0.1, -0.05) is 0 Å². The molecule has 6 heteroatoms. The number of carbonyl (C=O) groups is 1. The first-order chi connectivity index (χ1) is 11.7. The van der Waals surface area contributed by atoms with Gasteiger partial charge in [0, 0.05) is 31.6 Å². The number of ether oxygens (including phenoxy) is 1. The third kappa shape index (κ3) is 4.00. The second-order valence-corrected chi connectivity index (χ2v) is 7.51. The number of likely N-dealkylation sites (N-methyl/N-ethyl adjacent to an activating group) is 1. The predicted octanol–water partition coefficient (Wildman–Crippen LogP) is 3.82. The van der Waals surface area contributed by atoms with E-state index in [0.29, 0.717) is 13.1 Å². The quantitative estimate of drug-likeness (QED) is 0.830. The molecule has 3 rings (SSSR count). The Kier molecular flexibility index (Phi) is 4.54. The molecule has 2 heterocycles. The zero-order valence-electron chi connectivity index (χ0n) is 15.1. The average molecular weight is 345 g/mol. The normalized spacial score (nSPS) is 17.8. The molecule has 1 fully saturated rings. The Labute approximate surface area is 147 Å². The smallest absolute Gasteiger partial charge is 0.410 e. The Hall–Kier alpha value is -2.37. The zero-order chi connectivity index (χ0) is 18.2. The fourth-order valence-electron chi connectivity index (χ4n) is 3.04. The lowest BCUT2D eigenvalue weighted by atomic mass is 10.1. The van der Waals surface area contributed by atoms with Gasteiger partial charge in [0.25, 0.3) is 0 Å². The summed E-state index contributed by atoms with van der Waals surface area (Å²) in [5.41, 5.74) is 1.18. The number of pyridine rings is 1. The maximum absolute atomic E-state index is 13.4. The molecule has 0 N–H and O–H groups in total. The lowest BCUT2D eigenvalue weighted by Crippen LogP contribution is -2.39. The molecular weight excluding hydrogens is 321 g/mol. The number of halogens is 1. The number of anilines is 1. The van der Waals surface area contributed by atoms with Crippen molar-refractivity contribution in [2.75, 3.05) is 25.0 Å². The van der Waals surface area contributed by atoms with E-state index in [4.69, 9.17) is 4.74 Å². The number of hydrogen-bond acceptors (Lipinski definition) is 4. The van der Waals surface area contributed by atoms with Crippen molar-refractivity contribution in [3.05, 3.63) is 36.3 Å². The Morgan fingerprint density at radius 2 is 2.12 bits per heavy atom. The summed E-state index contributed by atoms with van der Waals surface area (Å²) in [6.45, 7) is 6.87. The highest BCUT2D eigenvalue weighted by atomic mass is 19.1. The van der Waals surface area contributed by atoms with Crippen LogP contribution in [0.5, 0.6) is 0 Å². The topological polar surface area (TPSA) is 45.7 Å². The van der Waals surface area contributed by atoms with Gasteiger partial charge in [0.1, 0.15) is 11.4 Å². The van der Waals surface area contributed by atoms with Crippen LogP contribution in [0.4, 0.5) is 14.9 Å². The van der Waals surface area contributed by atoms with Gasteiger partial charge in [-0.3, -0.25) is 4.98 Å². The van der Waals surface area contributed by atoms with E-state index < -0.39 is 5.60 Å². The second-order valence-electron chi connectivity index (χ2n) is 7.51. The number of hydrogen-bond donors (Lipinski definition) is 0. The molecule has 0 spiro atoms. The molecule has 2 aromatic rings. The van der Waals surface area contributed by atoms with Crippen molar-refractivity contribution in [3.63, 3.8) is 0 Å².